The third kappa shape index (κ3) is 4.92. The molecule has 0 radical (unpaired) electrons. The van der Waals surface area contributed by atoms with Crippen molar-refractivity contribution in [2.75, 3.05) is 25.6 Å². The van der Waals surface area contributed by atoms with Gasteiger partial charge in [-0.15, -0.1) is 0 Å². The van der Waals surface area contributed by atoms with Crippen molar-refractivity contribution in [3.05, 3.63) is 11.5 Å². The number of imidazole rings is 1. The van der Waals surface area contributed by atoms with E-state index in [1.807, 2.05) is 0 Å². The summed E-state index contributed by atoms with van der Waals surface area (Å²) in [6.45, 7) is 2.20. The highest BCUT2D eigenvalue weighted by Gasteiger charge is 2.27. The van der Waals surface area contributed by atoms with Crippen molar-refractivity contribution in [1.82, 2.24) is 9.55 Å². The van der Waals surface area contributed by atoms with Crippen LogP contribution in [-0.2, 0) is 22.4 Å². The van der Waals surface area contributed by atoms with E-state index >= 15 is 0 Å². The Kier molecular flexibility index (Phi) is 6.01. The standard InChI is InChI=1S/C12H18F3N3O3/c1-3-8-17-9(11(19)21-4-2)10(16)18(8)5-6-20-7-12(13,14)15/h3-7,16H2,1-2H3. The largest absolute Gasteiger partial charge is 0.461 e. The lowest BCUT2D eigenvalue weighted by molar-refractivity contribution is -0.174. The van der Waals surface area contributed by atoms with Crippen LogP contribution >= 0.6 is 0 Å². The molecular formula is C12H18F3N3O3. The highest BCUT2D eigenvalue weighted by atomic mass is 19.4. The molecule has 6 nitrogen and oxygen atoms in total. The number of aryl methyl sites for hydroxylation is 1. The van der Waals surface area contributed by atoms with E-state index < -0.39 is 18.8 Å². The Morgan fingerprint density at radius 2 is 2.05 bits per heavy atom. The number of nitrogens with two attached hydrogens (primary N) is 1. The van der Waals surface area contributed by atoms with Gasteiger partial charge in [-0.1, -0.05) is 6.92 Å². The first-order valence-corrected chi connectivity index (χ1v) is 6.46. The van der Waals surface area contributed by atoms with Crippen molar-refractivity contribution in [1.29, 1.82) is 0 Å². The van der Waals surface area contributed by atoms with E-state index in [0.717, 1.165) is 0 Å². The number of hydrogen-bond acceptors (Lipinski definition) is 5. The average molecular weight is 309 g/mol. The molecule has 1 aromatic rings. The van der Waals surface area contributed by atoms with E-state index in [1.165, 1.54) is 4.57 Å². The zero-order chi connectivity index (χ0) is 16.0. The van der Waals surface area contributed by atoms with Gasteiger partial charge in [0, 0.05) is 13.0 Å². The number of hydrogen-bond donors (Lipinski definition) is 1. The van der Waals surface area contributed by atoms with Gasteiger partial charge in [0.15, 0.2) is 5.69 Å². The highest BCUT2D eigenvalue weighted by Crippen LogP contribution is 2.17. The molecule has 1 aromatic heterocycles. The molecule has 9 heteroatoms. The zero-order valence-corrected chi connectivity index (χ0v) is 11.9. The second kappa shape index (κ2) is 7.30. The summed E-state index contributed by atoms with van der Waals surface area (Å²) in [5.41, 5.74) is 5.78. The predicted molar refractivity (Wildman–Crippen MR) is 68.8 cm³/mol. The highest BCUT2D eigenvalue weighted by molar-refractivity contribution is 5.92. The van der Waals surface area contributed by atoms with E-state index in [-0.39, 0.29) is 31.3 Å². The summed E-state index contributed by atoms with van der Waals surface area (Å²) >= 11 is 0. The summed E-state index contributed by atoms with van der Waals surface area (Å²) in [6.07, 6.45) is -3.90. The molecule has 0 unspecified atom stereocenters. The van der Waals surface area contributed by atoms with Gasteiger partial charge in [-0.2, -0.15) is 13.2 Å². The molecule has 0 aliphatic heterocycles. The minimum atomic E-state index is -4.37. The number of nitrogen functional groups attached to an aromatic ring is 1. The lowest BCUT2D eigenvalue weighted by atomic mass is 10.4. The number of ether oxygens (including phenoxy) is 2. The maximum Gasteiger partial charge on any atom is 0.411 e. The number of rotatable bonds is 7. The summed E-state index contributed by atoms with van der Waals surface area (Å²) in [5.74, 6) is -0.0910. The number of halogens is 3. The molecule has 0 saturated heterocycles. The van der Waals surface area contributed by atoms with Crippen LogP contribution in [0.4, 0.5) is 19.0 Å². The summed E-state index contributed by atoms with van der Waals surface area (Å²) < 4.78 is 46.7. The van der Waals surface area contributed by atoms with Crippen LogP contribution in [0.25, 0.3) is 0 Å². The summed E-state index contributed by atoms with van der Waals surface area (Å²) in [6, 6.07) is 0. The molecule has 0 aliphatic rings. The predicted octanol–water partition coefficient (Wildman–Crippen LogP) is 1.78. The van der Waals surface area contributed by atoms with E-state index in [9.17, 15) is 18.0 Å². The topological polar surface area (TPSA) is 79.4 Å². The van der Waals surface area contributed by atoms with E-state index in [2.05, 4.69) is 9.72 Å². The van der Waals surface area contributed by atoms with Gasteiger partial charge in [0.25, 0.3) is 0 Å². The SMILES string of the molecule is CCOC(=O)c1nc(CC)n(CCOCC(F)(F)F)c1N. The third-order valence-corrected chi connectivity index (χ3v) is 2.60. The van der Waals surface area contributed by atoms with E-state index in [1.54, 1.807) is 13.8 Å². The Hall–Kier alpha value is -1.77. The first-order valence-electron chi connectivity index (χ1n) is 6.46. The summed E-state index contributed by atoms with van der Waals surface area (Å²) in [7, 11) is 0. The molecule has 0 amide bonds. The first-order chi connectivity index (χ1) is 9.80. The summed E-state index contributed by atoms with van der Waals surface area (Å²) in [4.78, 5) is 15.7. The van der Waals surface area contributed by atoms with Crippen LogP contribution in [0.2, 0.25) is 0 Å². The van der Waals surface area contributed by atoms with Gasteiger partial charge >= 0.3 is 12.1 Å². The quantitative estimate of drug-likeness (QED) is 0.613. The molecule has 0 aromatic carbocycles. The van der Waals surface area contributed by atoms with Crippen molar-refractivity contribution in [2.24, 2.45) is 0 Å². The number of esters is 1. The first kappa shape index (κ1) is 17.3. The maximum absolute atomic E-state index is 12.0. The molecule has 0 spiro atoms. The lowest BCUT2D eigenvalue weighted by Crippen LogP contribution is -2.20. The van der Waals surface area contributed by atoms with Crippen molar-refractivity contribution >= 4 is 11.8 Å². The second-order valence-electron chi connectivity index (χ2n) is 4.16. The van der Waals surface area contributed by atoms with Crippen molar-refractivity contribution in [3.63, 3.8) is 0 Å². The van der Waals surface area contributed by atoms with Crippen LogP contribution in [0, 0.1) is 0 Å². The minimum Gasteiger partial charge on any atom is -0.461 e. The van der Waals surface area contributed by atoms with E-state index in [4.69, 9.17) is 10.5 Å². The fourth-order valence-corrected chi connectivity index (χ4v) is 1.73. The Balaban J connectivity index is 2.75. The van der Waals surface area contributed by atoms with E-state index in [0.29, 0.717) is 12.2 Å². The normalized spacial score (nSPS) is 11.7. The number of anilines is 1. The Labute approximate surface area is 120 Å². The second-order valence-corrected chi connectivity index (χ2v) is 4.16. The molecule has 0 fully saturated rings. The lowest BCUT2D eigenvalue weighted by Gasteiger charge is -2.10. The van der Waals surface area contributed by atoms with Crippen LogP contribution in [-0.4, -0.2) is 41.5 Å². The molecule has 1 heterocycles. The van der Waals surface area contributed by atoms with Crippen LogP contribution in [0.3, 0.4) is 0 Å². The van der Waals surface area contributed by atoms with Gasteiger partial charge in [0.05, 0.1) is 13.2 Å². The molecule has 120 valence electrons. The van der Waals surface area contributed by atoms with Gasteiger partial charge in [-0.05, 0) is 6.92 Å². The Bertz CT molecular complexity index is 486. The Morgan fingerprint density at radius 3 is 2.57 bits per heavy atom. The van der Waals surface area contributed by atoms with Gasteiger partial charge in [0.1, 0.15) is 18.2 Å². The Morgan fingerprint density at radius 1 is 1.38 bits per heavy atom. The maximum atomic E-state index is 12.0. The van der Waals surface area contributed by atoms with Gasteiger partial charge in [-0.25, -0.2) is 9.78 Å². The number of alkyl halides is 3. The molecule has 21 heavy (non-hydrogen) atoms. The average Bonchev–Trinajstić information content (AvgIpc) is 2.71. The molecule has 0 saturated carbocycles. The van der Waals surface area contributed by atoms with Gasteiger partial charge < -0.3 is 19.8 Å². The van der Waals surface area contributed by atoms with Crippen LogP contribution in [0.15, 0.2) is 0 Å². The van der Waals surface area contributed by atoms with Crippen molar-refractivity contribution in [3.8, 4) is 0 Å². The molecule has 2 N–H and O–H groups in total. The number of carbonyl (C=O) groups is 1. The number of carbonyl (C=O) groups excluding carboxylic acids is 1. The summed E-state index contributed by atoms with van der Waals surface area (Å²) in [5, 5.41) is 0. The van der Waals surface area contributed by atoms with Gasteiger partial charge in [-0.3, -0.25) is 0 Å². The van der Waals surface area contributed by atoms with Crippen LogP contribution in [0.1, 0.15) is 30.2 Å². The molecule has 1 rings (SSSR count). The molecule has 0 aliphatic carbocycles. The number of aromatic nitrogens is 2. The van der Waals surface area contributed by atoms with Gasteiger partial charge in [0.2, 0.25) is 0 Å². The van der Waals surface area contributed by atoms with Crippen LogP contribution in [0.5, 0.6) is 0 Å². The minimum absolute atomic E-state index is 0.0236. The van der Waals surface area contributed by atoms with Crippen molar-refractivity contribution in [2.45, 2.75) is 33.0 Å². The number of nitrogens with zero attached hydrogens (tertiary/aromatic N) is 2. The van der Waals surface area contributed by atoms with Crippen LogP contribution < -0.4 is 5.73 Å². The molecule has 0 bridgehead atoms. The fraction of sp³-hybridized carbons (Fsp3) is 0.667. The third-order valence-electron chi connectivity index (χ3n) is 2.60. The molecule has 0 atom stereocenters. The smallest absolute Gasteiger partial charge is 0.411 e. The fourth-order valence-electron chi connectivity index (χ4n) is 1.73. The zero-order valence-electron chi connectivity index (χ0n) is 11.9. The monoisotopic (exact) mass is 309 g/mol. The van der Waals surface area contributed by atoms with Crippen molar-refractivity contribution < 1.29 is 27.4 Å². The molecular weight excluding hydrogens is 291 g/mol.